The van der Waals surface area contributed by atoms with Gasteiger partial charge in [0.25, 0.3) is 0 Å². The smallest absolute Gasteiger partial charge is 0.236 e. The summed E-state index contributed by atoms with van der Waals surface area (Å²) in [6, 6.07) is 10.8. The molecule has 3 heterocycles. The van der Waals surface area contributed by atoms with Crippen LogP contribution in [-0.2, 0) is 16.0 Å². The minimum atomic E-state index is -0.588. The van der Waals surface area contributed by atoms with E-state index < -0.39 is 5.41 Å². The number of carbonyl (C=O) groups is 2. The number of alkyl halides is 1. The minimum Gasteiger partial charge on any atom is -0.338 e. The zero-order valence-electron chi connectivity index (χ0n) is 20.0. The number of amides is 2. The van der Waals surface area contributed by atoms with E-state index >= 15 is 0 Å². The number of rotatable bonds is 5. The molecule has 0 unspecified atom stereocenters. The van der Waals surface area contributed by atoms with E-state index in [1.807, 2.05) is 41.9 Å². The molecule has 0 saturated carbocycles. The van der Waals surface area contributed by atoms with Gasteiger partial charge in [0.05, 0.1) is 18.0 Å². The molecule has 178 valence electrons. The highest BCUT2D eigenvalue weighted by molar-refractivity contribution is 7.10. The molecule has 1 fully saturated rings. The van der Waals surface area contributed by atoms with Crippen molar-refractivity contribution in [2.75, 3.05) is 38.6 Å². The molecule has 2 aromatic rings. The molecule has 1 saturated heterocycles. The number of nitrogens with zero attached hydrogens (tertiary/aromatic N) is 3. The molecule has 4 rings (SSSR count). The van der Waals surface area contributed by atoms with E-state index in [0.717, 1.165) is 13.0 Å². The maximum absolute atomic E-state index is 13.4. The predicted molar refractivity (Wildman–Crippen MR) is 135 cm³/mol. The SMILES string of the molecule is Cc1ccccc1[C@@H]1c2ccsc2CCN1CC(=O)N1CCN(C(=O)C(C)(C)CCl)[C@@H](C)C1. The Bertz CT molecular complexity index is 1020. The first-order valence-corrected chi connectivity index (χ1v) is 13.1. The summed E-state index contributed by atoms with van der Waals surface area (Å²) in [5.74, 6) is 0.498. The quantitative estimate of drug-likeness (QED) is 0.590. The number of fused-ring (bicyclic) bond motifs is 1. The van der Waals surface area contributed by atoms with E-state index in [-0.39, 0.29) is 29.8 Å². The van der Waals surface area contributed by atoms with Gasteiger partial charge in [-0.25, -0.2) is 0 Å². The second kappa shape index (κ2) is 9.77. The second-order valence-corrected chi connectivity index (χ2v) is 11.3. The Kier molecular flexibility index (Phi) is 7.18. The molecule has 1 aromatic carbocycles. The van der Waals surface area contributed by atoms with Gasteiger partial charge in [-0.2, -0.15) is 0 Å². The average Bonchev–Trinajstić information content (AvgIpc) is 3.28. The van der Waals surface area contributed by atoms with Gasteiger partial charge in [-0.15, -0.1) is 22.9 Å². The summed E-state index contributed by atoms with van der Waals surface area (Å²) in [4.78, 5) is 33.9. The molecular formula is C26H34ClN3O2S. The van der Waals surface area contributed by atoms with Crippen LogP contribution in [0, 0.1) is 12.3 Å². The van der Waals surface area contributed by atoms with Crippen molar-refractivity contribution >= 4 is 34.8 Å². The standard InChI is InChI=1S/C26H34ClN3O2S/c1-18-7-5-6-8-20(18)24-21-10-14-33-22(21)9-11-29(24)16-23(31)28-12-13-30(19(2)15-28)25(32)26(3,4)17-27/h5-8,10,14,19,24H,9,11-13,15-17H2,1-4H3/t19-,24+/m0/s1. The van der Waals surface area contributed by atoms with Gasteiger partial charge in [-0.05, 0) is 62.3 Å². The van der Waals surface area contributed by atoms with Crippen molar-refractivity contribution in [3.05, 3.63) is 57.3 Å². The van der Waals surface area contributed by atoms with E-state index in [9.17, 15) is 9.59 Å². The Morgan fingerprint density at radius 1 is 1.12 bits per heavy atom. The van der Waals surface area contributed by atoms with E-state index in [0.29, 0.717) is 26.2 Å². The van der Waals surface area contributed by atoms with Crippen LogP contribution in [0.15, 0.2) is 35.7 Å². The summed E-state index contributed by atoms with van der Waals surface area (Å²) in [6.07, 6.45) is 0.981. The molecule has 2 atom stereocenters. The maximum atomic E-state index is 13.4. The third-order valence-electron chi connectivity index (χ3n) is 7.04. The molecular weight excluding hydrogens is 454 g/mol. The fourth-order valence-corrected chi connectivity index (χ4v) is 6.02. The second-order valence-electron chi connectivity index (χ2n) is 9.98. The molecule has 0 spiro atoms. The van der Waals surface area contributed by atoms with Crippen molar-refractivity contribution in [1.82, 2.24) is 14.7 Å². The average molecular weight is 488 g/mol. The van der Waals surface area contributed by atoms with Gasteiger partial charge in [0, 0.05) is 43.0 Å². The molecule has 2 amide bonds. The zero-order chi connectivity index (χ0) is 23.8. The van der Waals surface area contributed by atoms with Crippen molar-refractivity contribution in [2.24, 2.45) is 5.41 Å². The third kappa shape index (κ3) is 4.84. The number of thiophene rings is 1. The minimum absolute atomic E-state index is 0.0188. The highest BCUT2D eigenvalue weighted by Crippen LogP contribution is 2.38. The molecule has 0 aliphatic carbocycles. The monoisotopic (exact) mass is 487 g/mol. The van der Waals surface area contributed by atoms with Crippen LogP contribution < -0.4 is 0 Å². The first kappa shape index (κ1) is 24.2. The Hall–Kier alpha value is -1.89. The molecule has 7 heteroatoms. The van der Waals surface area contributed by atoms with Gasteiger partial charge in [0.15, 0.2) is 0 Å². The molecule has 2 aliphatic heterocycles. The first-order chi connectivity index (χ1) is 15.7. The number of carbonyl (C=O) groups excluding carboxylic acids is 2. The van der Waals surface area contributed by atoms with Crippen molar-refractivity contribution in [3.8, 4) is 0 Å². The molecule has 33 heavy (non-hydrogen) atoms. The Labute approximate surface area is 206 Å². The highest BCUT2D eigenvalue weighted by atomic mass is 35.5. The molecule has 5 nitrogen and oxygen atoms in total. The lowest BCUT2D eigenvalue weighted by atomic mass is 9.90. The summed E-state index contributed by atoms with van der Waals surface area (Å²) >= 11 is 7.85. The number of piperazine rings is 1. The van der Waals surface area contributed by atoms with Crippen LogP contribution in [-0.4, -0.2) is 71.2 Å². The van der Waals surface area contributed by atoms with E-state index in [2.05, 4.69) is 47.5 Å². The topological polar surface area (TPSA) is 43.9 Å². The number of aryl methyl sites for hydroxylation is 1. The molecule has 1 aromatic heterocycles. The first-order valence-electron chi connectivity index (χ1n) is 11.7. The van der Waals surface area contributed by atoms with Crippen LogP contribution in [0.4, 0.5) is 0 Å². The summed E-state index contributed by atoms with van der Waals surface area (Å²) < 4.78 is 0. The van der Waals surface area contributed by atoms with Crippen LogP contribution in [0.3, 0.4) is 0 Å². The predicted octanol–water partition coefficient (Wildman–Crippen LogP) is 4.33. The molecule has 2 aliphatic rings. The van der Waals surface area contributed by atoms with Crippen LogP contribution in [0.25, 0.3) is 0 Å². The van der Waals surface area contributed by atoms with Gasteiger partial charge < -0.3 is 9.80 Å². The van der Waals surface area contributed by atoms with E-state index in [4.69, 9.17) is 11.6 Å². The van der Waals surface area contributed by atoms with Crippen LogP contribution in [0.2, 0.25) is 0 Å². The van der Waals surface area contributed by atoms with Crippen LogP contribution >= 0.6 is 22.9 Å². The van der Waals surface area contributed by atoms with Gasteiger partial charge >= 0.3 is 0 Å². The summed E-state index contributed by atoms with van der Waals surface area (Å²) in [5.41, 5.74) is 3.27. The van der Waals surface area contributed by atoms with Gasteiger partial charge in [0.1, 0.15) is 0 Å². The Balaban J connectivity index is 1.48. The van der Waals surface area contributed by atoms with Crippen LogP contribution in [0.5, 0.6) is 0 Å². The number of benzene rings is 1. The zero-order valence-corrected chi connectivity index (χ0v) is 21.6. The number of halogens is 1. The number of hydrogen-bond donors (Lipinski definition) is 0. The molecule has 0 radical (unpaired) electrons. The van der Waals surface area contributed by atoms with Gasteiger partial charge in [-0.1, -0.05) is 24.3 Å². The largest absolute Gasteiger partial charge is 0.338 e. The normalized spacial score (nSPS) is 21.7. The highest BCUT2D eigenvalue weighted by Gasteiger charge is 2.38. The summed E-state index contributed by atoms with van der Waals surface area (Å²) in [6.45, 7) is 10.9. The molecule has 0 N–H and O–H groups in total. The molecule has 0 bridgehead atoms. The van der Waals surface area contributed by atoms with Crippen LogP contribution in [0.1, 0.15) is 48.4 Å². The lowest BCUT2D eigenvalue weighted by Crippen LogP contribution is -2.59. The third-order valence-corrected chi connectivity index (χ3v) is 8.71. The van der Waals surface area contributed by atoms with Gasteiger partial charge in [0.2, 0.25) is 11.8 Å². The Morgan fingerprint density at radius 3 is 2.58 bits per heavy atom. The Morgan fingerprint density at radius 2 is 1.88 bits per heavy atom. The van der Waals surface area contributed by atoms with E-state index in [1.165, 1.54) is 21.6 Å². The van der Waals surface area contributed by atoms with Crippen molar-refractivity contribution < 1.29 is 9.59 Å². The lowest BCUT2D eigenvalue weighted by Gasteiger charge is -2.44. The number of hydrogen-bond acceptors (Lipinski definition) is 4. The van der Waals surface area contributed by atoms with Gasteiger partial charge in [-0.3, -0.25) is 14.5 Å². The van der Waals surface area contributed by atoms with Crippen molar-refractivity contribution in [1.29, 1.82) is 0 Å². The maximum Gasteiger partial charge on any atom is 0.236 e. The van der Waals surface area contributed by atoms with Crippen molar-refractivity contribution in [2.45, 2.75) is 46.2 Å². The fraction of sp³-hybridized carbons (Fsp3) is 0.538. The summed E-state index contributed by atoms with van der Waals surface area (Å²) in [7, 11) is 0. The van der Waals surface area contributed by atoms with E-state index in [1.54, 1.807) is 0 Å². The summed E-state index contributed by atoms with van der Waals surface area (Å²) in [5, 5.41) is 2.17. The lowest BCUT2D eigenvalue weighted by molar-refractivity contribution is -0.148. The fourth-order valence-electron chi connectivity index (χ4n) is 5.00. The van der Waals surface area contributed by atoms with Crippen molar-refractivity contribution in [3.63, 3.8) is 0 Å².